The van der Waals surface area contributed by atoms with Gasteiger partial charge in [-0.3, -0.25) is 4.21 Å². The molecule has 0 amide bonds. The fourth-order valence-corrected chi connectivity index (χ4v) is 6.37. The molecule has 3 heterocycles. The van der Waals surface area contributed by atoms with E-state index in [2.05, 4.69) is 28.7 Å². The highest BCUT2D eigenvalue weighted by atomic mass is 32.2. The number of carbonyl (C=O) groups excluding carboxylic acids is 1. The number of aryl methyl sites for hydroxylation is 1. The maximum atomic E-state index is 12.6. The molecule has 0 aromatic carbocycles. The third-order valence-electron chi connectivity index (χ3n) is 5.26. The predicted octanol–water partition coefficient (Wildman–Crippen LogP) is 3.30. The molecule has 1 atom stereocenters. The first-order chi connectivity index (χ1) is 12.5. The lowest BCUT2D eigenvalue weighted by atomic mass is 10.0. The number of fused-ring (bicyclic) bond motifs is 1. The number of esters is 1. The molecule has 0 N–H and O–H groups in total. The molecular weight excluding hydrogens is 370 g/mol. The van der Waals surface area contributed by atoms with Crippen molar-refractivity contribution < 1.29 is 13.7 Å². The fraction of sp³-hybridized carbons (Fsp3) is 0.611. The molecule has 0 radical (unpaired) electrons. The van der Waals surface area contributed by atoms with Gasteiger partial charge in [0.25, 0.3) is 0 Å². The maximum Gasteiger partial charge on any atom is 0.348 e. The van der Waals surface area contributed by atoms with Gasteiger partial charge in [0, 0.05) is 29.6 Å². The van der Waals surface area contributed by atoms with Crippen LogP contribution in [-0.4, -0.2) is 50.3 Å². The van der Waals surface area contributed by atoms with Gasteiger partial charge in [0.05, 0.1) is 16.7 Å². The number of ether oxygens (including phenoxy) is 1. The van der Waals surface area contributed by atoms with E-state index in [9.17, 15) is 9.00 Å². The van der Waals surface area contributed by atoms with E-state index in [1.165, 1.54) is 11.3 Å². The second-order valence-electron chi connectivity index (χ2n) is 6.52. The minimum Gasteiger partial charge on any atom is -0.462 e. The normalized spacial score (nSPS) is 19.7. The Morgan fingerprint density at radius 1 is 1.35 bits per heavy atom. The van der Waals surface area contributed by atoms with E-state index in [1.54, 1.807) is 13.3 Å². The SMILES string of the molecule is CCOC(=O)c1sc2ncnc(N3CCS(=O)C(CC)(CC)C3)c2c1C. The van der Waals surface area contributed by atoms with Crippen LogP contribution in [0.5, 0.6) is 0 Å². The van der Waals surface area contributed by atoms with Crippen molar-refractivity contribution in [2.24, 2.45) is 0 Å². The number of hydrogen-bond acceptors (Lipinski definition) is 7. The summed E-state index contributed by atoms with van der Waals surface area (Å²) in [6.45, 7) is 9.69. The van der Waals surface area contributed by atoms with Crippen molar-refractivity contribution in [1.82, 2.24) is 9.97 Å². The molecule has 3 rings (SSSR count). The molecule has 2 aromatic rings. The van der Waals surface area contributed by atoms with Crippen LogP contribution in [0.2, 0.25) is 0 Å². The molecular formula is C18H25N3O3S2. The summed E-state index contributed by atoms with van der Waals surface area (Å²) in [5.74, 6) is 1.17. The second-order valence-corrected chi connectivity index (χ2v) is 9.48. The largest absolute Gasteiger partial charge is 0.462 e. The third-order valence-corrected chi connectivity index (χ3v) is 8.67. The first kappa shape index (κ1) is 19.2. The van der Waals surface area contributed by atoms with Crippen molar-refractivity contribution in [2.75, 3.05) is 30.3 Å². The summed E-state index contributed by atoms with van der Waals surface area (Å²) < 4.78 is 17.6. The second kappa shape index (κ2) is 7.60. The van der Waals surface area contributed by atoms with Gasteiger partial charge in [0.1, 0.15) is 21.9 Å². The lowest BCUT2D eigenvalue weighted by Gasteiger charge is -2.41. The molecule has 1 fully saturated rings. The van der Waals surface area contributed by atoms with E-state index in [0.29, 0.717) is 30.3 Å². The highest BCUT2D eigenvalue weighted by molar-refractivity contribution is 7.86. The van der Waals surface area contributed by atoms with Gasteiger partial charge in [0.15, 0.2) is 0 Å². The zero-order chi connectivity index (χ0) is 18.9. The van der Waals surface area contributed by atoms with Crippen LogP contribution < -0.4 is 4.90 Å². The Balaban J connectivity index is 2.05. The predicted molar refractivity (Wildman–Crippen MR) is 107 cm³/mol. The highest BCUT2D eigenvalue weighted by Crippen LogP contribution is 2.38. The smallest absolute Gasteiger partial charge is 0.348 e. The van der Waals surface area contributed by atoms with E-state index < -0.39 is 10.8 Å². The van der Waals surface area contributed by atoms with Gasteiger partial charge in [-0.2, -0.15) is 0 Å². The van der Waals surface area contributed by atoms with Crippen molar-refractivity contribution >= 4 is 44.1 Å². The van der Waals surface area contributed by atoms with Gasteiger partial charge >= 0.3 is 5.97 Å². The van der Waals surface area contributed by atoms with Crippen molar-refractivity contribution in [2.45, 2.75) is 45.3 Å². The summed E-state index contributed by atoms with van der Waals surface area (Å²) in [6.07, 6.45) is 3.29. The van der Waals surface area contributed by atoms with Crippen LogP contribution in [0.3, 0.4) is 0 Å². The summed E-state index contributed by atoms with van der Waals surface area (Å²) in [5.41, 5.74) is 0.865. The van der Waals surface area contributed by atoms with Crippen molar-refractivity contribution in [3.8, 4) is 0 Å². The van der Waals surface area contributed by atoms with E-state index in [1.807, 2.05) is 6.92 Å². The van der Waals surface area contributed by atoms with Crippen LogP contribution in [-0.2, 0) is 15.5 Å². The van der Waals surface area contributed by atoms with Crippen molar-refractivity contribution in [3.63, 3.8) is 0 Å². The molecule has 1 saturated heterocycles. The quantitative estimate of drug-likeness (QED) is 0.723. The minimum absolute atomic E-state index is 0.205. The number of aromatic nitrogens is 2. The average Bonchev–Trinajstić information content (AvgIpc) is 3.00. The zero-order valence-electron chi connectivity index (χ0n) is 15.7. The minimum atomic E-state index is -0.832. The molecule has 0 saturated carbocycles. The Hall–Kier alpha value is -1.54. The molecule has 142 valence electrons. The summed E-state index contributed by atoms with van der Waals surface area (Å²) in [6, 6.07) is 0. The molecule has 6 nitrogen and oxygen atoms in total. The Kier molecular flexibility index (Phi) is 5.62. The van der Waals surface area contributed by atoms with Crippen LogP contribution in [0, 0.1) is 6.92 Å². The molecule has 1 aliphatic heterocycles. The Morgan fingerprint density at radius 3 is 2.73 bits per heavy atom. The molecule has 0 spiro atoms. The van der Waals surface area contributed by atoms with E-state index in [0.717, 1.165) is 34.4 Å². The van der Waals surface area contributed by atoms with Gasteiger partial charge < -0.3 is 9.64 Å². The van der Waals surface area contributed by atoms with E-state index in [-0.39, 0.29) is 10.7 Å². The number of rotatable bonds is 5. The van der Waals surface area contributed by atoms with Gasteiger partial charge in [-0.1, -0.05) is 13.8 Å². The van der Waals surface area contributed by atoms with Gasteiger partial charge in [-0.05, 0) is 32.3 Å². The number of nitrogens with zero attached hydrogens (tertiary/aromatic N) is 3. The molecule has 1 unspecified atom stereocenters. The first-order valence-electron chi connectivity index (χ1n) is 9.02. The maximum absolute atomic E-state index is 12.6. The van der Waals surface area contributed by atoms with E-state index >= 15 is 0 Å². The number of anilines is 1. The van der Waals surface area contributed by atoms with Crippen LogP contribution in [0.4, 0.5) is 5.82 Å². The summed E-state index contributed by atoms with van der Waals surface area (Å²) in [5, 5.41) is 0.911. The average molecular weight is 396 g/mol. The third kappa shape index (κ3) is 3.13. The van der Waals surface area contributed by atoms with Crippen LogP contribution in [0.1, 0.15) is 48.8 Å². The lowest BCUT2D eigenvalue weighted by Crippen LogP contribution is -2.53. The molecule has 26 heavy (non-hydrogen) atoms. The molecule has 2 aromatic heterocycles. The van der Waals surface area contributed by atoms with Gasteiger partial charge in [-0.15, -0.1) is 11.3 Å². The Labute approximate surface area is 160 Å². The number of carbonyl (C=O) groups is 1. The lowest BCUT2D eigenvalue weighted by molar-refractivity contribution is 0.0531. The summed E-state index contributed by atoms with van der Waals surface area (Å²) in [7, 11) is -0.832. The standard InChI is InChI=1S/C18H25N3O3S2/c1-5-18(6-2)10-21(8-9-26(18)23)15-13-12(4)14(17(22)24-7-3)25-16(13)20-11-19-15/h11H,5-10H2,1-4H3. The van der Waals surface area contributed by atoms with Crippen LogP contribution in [0.25, 0.3) is 10.2 Å². The van der Waals surface area contributed by atoms with Crippen molar-refractivity contribution in [1.29, 1.82) is 0 Å². The molecule has 8 heteroatoms. The summed E-state index contributed by atoms with van der Waals surface area (Å²) in [4.78, 5) is 24.7. The zero-order valence-corrected chi connectivity index (χ0v) is 17.3. The van der Waals surface area contributed by atoms with Gasteiger partial charge in [0.2, 0.25) is 0 Å². The first-order valence-corrected chi connectivity index (χ1v) is 11.2. The summed E-state index contributed by atoms with van der Waals surface area (Å²) >= 11 is 1.35. The van der Waals surface area contributed by atoms with Crippen LogP contribution >= 0.6 is 11.3 Å². The number of hydrogen-bond donors (Lipinski definition) is 0. The number of thiophene rings is 1. The van der Waals surface area contributed by atoms with Gasteiger partial charge in [-0.25, -0.2) is 14.8 Å². The molecule has 1 aliphatic rings. The van der Waals surface area contributed by atoms with E-state index in [4.69, 9.17) is 4.74 Å². The monoisotopic (exact) mass is 395 g/mol. The Bertz CT molecular complexity index is 846. The van der Waals surface area contributed by atoms with Crippen molar-refractivity contribution in [3.05, 3.63) is 16.8 Å². The van der Waals surface area contributed by atoms with Crippen LogP contribution in [0.15, 0.2) is 6.33 Å². The molecule has 0 bridgehead atoms. The molecule has 0 aliphatic carbocycles. The topological polar surface area (TPSA) is 72.4 Å². The fourth-order valence-electron chi connectivity index (χ4n) is 3.57. The highest BCUT2D eigenvalue weighted by Gasteiger charge is 2.40. The Morgan fingerprint density at radius 2 is 2.08 bits per heavy atom.